The van der Waals surface area contributed by atoms with Crippen LogP contribution in [0.2, 0.25) is 0 Å². The van der Waals surface area contributed by atoms with E-state index in [1.807, 2.05) is 27.2 Å². The fourth-order valence-electron chi connectivity index (χ4n) is 7.80. The maximum Gasteiger partial charge on any atom is 0.268 e. The van der Waals surface area contributed by atoms with E-state index in [9.17, 15) is 19.4 Å². The van der Waals surface area contributed by atoms with Crippen LogP contribution in [0.15, 0.2) is 97.2 Å². The number of nitrogens with one attached hydrogen (secondary N) is 1. The van der Waals surface area contributed by atoms with E-state index in [1.54, 1.807) is 6.08 Å². The lowest BCUT2D eigenvalue weighted by molar-refractivity contribution is -0.870. The average Bonchev–Trinajstić information content (AvgIpc) is 3.32. The summed E-state index contributed by atoms with van der Waals surface area (Å²) in [7, 11) is 1.22. The number of carbonyl (C=O) groups excluding carboxylic acids is 1. The number of rotatable bonds is 51. The third-order valence-electron chi connectivity index (χ3n) is 12.3. The SMILES string of the molecule is CC/C=C\C/C=C\C/C=C\C/C=C\C/C=C\CCCCCCCCCCCC(=O)NC(COP(=O)([O-])OCC[N+](C)(C)C)C(O)/C=C/CC/C=C/CC/C=C/CCCCCCCCCCCCCCC. The van der Waals surface area contributed by atoms with E-state index in [1.165, 1.54) is 122 Å². The summed E-state index contributed by atoms with van der Waals surface area (Å²) in [6.07, 6.45) is 73.4. The molecule has 0 fully saturated rings. The molecule has 0 spiro atoms. The molecule has 0 aromatic heterocycles. The third kappa shape index (κ3) is 53.2. The number of phosphoric ester groups is 1. The molecule has 0 rings (SSSR count). The van der Waals surface area contributed by atoms with Gasteiger partial charge in [-0.15, -0.1) is 0 Å². The smallest absolute Gasteiger partial charge is 0.268 e. The maximum atomic E-state index is 13.0. The molecule has 0 saturated heterocycles. The Labute approximate surface area is 432 Å². The number of phosphoric acid groups is 1. The van der Waals surface area contributed by atoms with Crippen LogP contribution in [-0.4, -0.2) is 68.5 Å². The van der Waals surface area contributed by atoms with Gasteiger partial charge in [0.05, 0.1) is 39.9 Å². The number of allylic oxidation sites excluding steroid dienone is 15. The number of likely N-dealkylation sites (N-methyl/N-ethyl adjacent to an activating group) is 1. The molecule has 8 nitrogen and oxygen atoms in total. The molecular weight excluding hydrogens is 888 g/mol. The summed E-state index contributed by atoms with van der Waals surface area (Å²) in [6.45, 7) is 4.50. The van der Waals surface area contributed by atoms with Crippen LogP contribution in [-0.2, 0) is 18.4 Å². The quantitative estimate of drug-likeness (QED) is 0.0272. The van der Waals surface area contributed by atoms with Crippen molar-refractivity contribution in [1.82, 2.24) is 5.32 Å². The molecule has 3 unspecified atom stereocenters. The number of quaternary nitrogens is 1. The van der Waals surface area contributed by atoms with E-state index in [0.717, 1.165) is 89.9 Å². The second-order valence-corrected chi connectivity index (χ2v) is 21.7. The standard InChI is InChI=1S/C61H109N2O6P/c1-6-8-10-12-14-16-18-20-22-24-26-28-30-31-33-35-37-39-41-43-45-47-49-51-53-55-61(65)62-59(58-69-70(66,67)68-57-56-63(3,4)5)60(64)54-52-50-48-46-44-42-40-38-36-34-32-29-27-25-23-21-19-17-15-13-11-9-7-2/h8,10,14,16,20,22,26,28,31,33,36,38,44,46,52,54,59-60,64H,6-7,9,11-13,15,17-19,21,23-25,27,29-30,32,34-35,37,39-43,45,47-51,53,55-58H2,1-5H3,(H-,62,65,66,67)/b10-8-,16-14-,22-20-,28-26-,33-31-,38-36+,46-44+,54-52+. The minimum Gasteiger partial charge on any atom is -0.756 e. The Balaban J connectivity index is 4.34. The van der Waals surface area contributed by atoms with Gasteiger partial charge in [0.25, 0.3) is 7.82 Å². The van der Waals surface area contributed by atoms with Crippen LogP contribution in [0, 0.1) is 0 Å². The van der Waals surface area contributed by atoms with Crippen LogP contribution in [0.4, 0.5) is 0 Å². The monoisotopic (exact) mass is 997 g/mol. The van der Waals surface area contributed by atoms with Crippen molar-refractivity contribution in [2.45, 2.75) is 244 Å². The molecule has 0 aliphatic heterocycles. The highest BCUT2D eigenvalue weighted by atomic mass is 31.2. The molecule has 70 heavy (non-hydrogen) atoms. The van der Waals surface area contributed by atoms with Crippen molar-refractivity contribution < 1.29 is 32.9 Å². The van der Waals surface area contributed by atoms with Gasteiger partial charge >= 0.3 is 0 Å². The van der Waals surface area contributed by atoms with Gasteiger partial charge in [-0.25, -0.2) is 0 Å². The van der Waals surface area contributed by atoms with Gasteiger partial charge in [-0.1, -0.05) is 233 Å². The first-order valence-electron chi connectivity index (χ1n) is 28.6. The number of hydrogen-bond acceptors (Lipinski definition) is 6. The lowest BCUT2D eigenvalue weighted by Gasteiger charge is -2.29. The molecule has 404 valence electrons. The van der Waals surface area contributed by atoms with Crippen LogP contribution < -0.4 is 10.2 Å². The number of amides is 1. The van der Waals surface area contributed by atoms with Gasteiger partial charge in [0.15, 0.2) is 0 Å². The molecule has 2 N–H and O–H groups in total. The maximum absolute atomic E-state index is 13.0. The van der Waals surface area contributed by atoms with Crippen LogP contribution in [0.25, 0.3) is 0 Å². The van der Waals surface area contributed by atoms with Crippen LogP contribution in [0.1, 0.15) is 232 Å². The summed E-state index contributed by atoms with van der Waals surface area (Å²) in [5, 5.41) is 13.9. The van der Waals surface area contributed by atoms with Gasteiger partial charge < -0.3 is 28.8 Å². The number of unbranched alkanes of at least 4 members (excludes halogenated alkanes) is 24. The van der Waals surface area contributed by atoms with E-state index in [4.69, 9.17) is 9.05 Å². The second kappa shape index (κ2) is 51.3. The van der Waals surface area contributed by atoms with Gasteiger partial charge in [-0.05, 0) is 89.9 Å². The van der Waals surface area contributed by atoms with E-state index >= 15 is 0 Å². The Hall–Kier alpha value is -2.58. The van der Waals surface area contributed by atoms with E-state index in [2.05, 4.69) is 104 Å². The Kier molecular flexibility index (Phi) is 49.4. The molecule has 0 aromatic carbocycles. The van der Waals surface area contributed by atoms with Gasteiger partial charge in [0, 0.05) is 6.42 Å². The highest BCUT2D eigenvalue weighted by Gasteiger charge is 2.23. The predicted molar refractivity (Wildman–Crippen MR) is 302 cm³/mol. The zero-order chi connectivity index (χ0) is 51.3. The largest absolute Gasteiger partial charge is 0.756 e. The van der Waals surface area contributed by atoms with Gasteiger partial charge in [-0.3, -0.25) is 9.36 Å². The van der Waals surface area contributed by atoms with Crippen molar-refractivity contribution in [2.75, 3.05) is 40.9 Å². The summed E-state index contributed by atoms with van der Waals surface area (Å²) in [5.41, 5.74) is 0. The zero-order valence-corrected chi connectivity index (χ0v) is 46.8. The average molecular weight is 998 g/mol. The molecule has 0 heterocycles. The number of hydrogen-bond donors (Lipinski definition) is 2. The first-order valence-corrected chi connectivity index (χ1v) is 30.1. The number of aliphatic hydroxyl groups is 1. The molecule has 0 radical (unpaired) electrons. The molecule has 3 atom stereocenters. The molecule has 0 aliphatic rings. The van der Waals surface area contributed by atoms with Crippen LogP contribution in [0.3, 0.4) is 0 Å². The fourth-order valence-corrected chi connectivity index (χ4v) is 8.52. The van der Waals surface area contributed by atoms with Crippen molar-refractivity contribution in [3.63, 3.8) is 0 Å². The summed E-state index contributed by atoms with van der Waals surface area (Å²) in [6, 6.07) is -0.920. The Morgan fingerprint density at radius 1 is 0.514 bits per heavy atom. The van der Waals surface area contributed by atoms with Gasteiger partial charge in [-0.2, -0.15) is 0 Å². The highest BCUT2D eigenvalue weighted by Crippen LogP contribution is 2.38. The topological polar surface area (TPSA) is 108 Å². The van der Waals surface area contributed by atoms with Crippen molar-refractivity contribution >= 4 is 13.7 Å². The zero-order valence-electron chi connectivity index (χ0n) is 45.9. The summed E-state index contributed by atoms with van der Waals surface area (Å²) < 4.78 is 23.3. The number of nitrogens with zero attached hydrogens (tertiary/aromatic N) is 1. The molecule has 0 saturated carbocycles. The van der Waals surface area contributed by atoms with Crippen molar-refractivity contribution in [2.24, 2.45) is 0 Å². The summed E-state index contributed by atoms with van der Waals surface area (Å²) >= 11 is 0. The van der Waals surface area contributed by atoms with Crippen molar-refractivity contribution in [3.05, 3.63) is 97.2 Å². The molecule has 0 bridgehead atoms. The van der Waals surface area contributed by atoms with Crippen LogP contribution in [0.5, 0.6) is 0 Å². The first kappa shape index (κ1) is 67.4. The minimum atomic E-state index is -4.62. The van der Waals surface area contributed by atoms with Crippen molar-refractivity contribution in [3.8, 4) is 0 Å². The number of carbonyl (C=O) groups is 1. The molecular formula is C61H109N2O6P. The van der Waals surface area contributed by atoms with Crippen molar-refractivity contribution in [1.29, 1.82) is 0 Å². The predicted octanol–water partition coefficient (Wildman–Crippen LogP) is 16.8. The van der Waals surface area contributed by atoms with E-state index in [-0.39, 0.29) is 12.5 Å². The van der Waals surface area contributed by atoms with E-state index in [0.29, 0.717) is 17.4 Å². The summed E-state index contributed by atoms with van der Waals surface area (Å²) in [5.74, 6) is -0.221. The Morgan fingerprint density at radius 3 is 1.33 bits per heavy atom. The lowest BCUT2D eigenvalue weighted by Crippen LogP contribution is -2.45. The first-order chi connectivity index (χ1) is 34.0. The molecule has 0 aliphatic carbocycles. The Bertz CT molecular complexity index is 1460. The lowest BCUT2D eigenvalue weighted by atomic mass is 10.0. The molecule has 0 aromatic rings. The normalized spacial score (nSPS) is 14.7. The minimum absolute atomic E-state index is 0.0150. The number of aliphatic hydroxyl groups excluding tert-OH is 1. The van der Waals surface area contributed by atoms with Gasteiger partial charge in [0.1, 0.15) is 13.2 Å². The third-order valence-corrected chi connectivity index (χ3v) is 13.2. The molecule has 1 amide bonds. The summed E-state index contributed by atoms with van der Waals surface area (Å²) in [4.78, 5) is 25.5. The fraction of sp³-hybridized carbons (Fsp3) is 0.721. The molecule has 9 heteroatoms. The highest BCUT2D eigenvalue weighted by molar-refractivity contribution is 7.45. The Morgan fingerprint density at radius 2 is 0.886 bits per heavy atom. The second-order valence-electron chi connectivity index (χ2n) is 20.2. The van der Waals surface area contributed by atoms with E-state index < -0.39 is 26.6 Å². The van der Waals surface area contributed by atoms with Gasteiger partial charge in [0.2, 0.25) is 5.91 Å². The van der Waals surface area contributed by atoms with Crippen LogP contribution >= 0.6 is 7.82 Å².